The number of amides is 1. The van der Waals surface area contributed by atoms with Crippen molar-refractivity contribution in [2.45, 2.75) is 12.8 Å². The molecule has 7 rings (SSSR count). The van der Waals surface area contributed by atoms with Crippen LogP contribution in [0.2, 0.25) is 0 Å². The maximum Gasteiger partial charge on any atom is 0.224 e. The number of nitrogens with two attached hydrogens (primary N) is 2. The molecule has 5 aromatic rings. The van der Waals surface area contributed by atoms with E-state index < -0.39 is 5.82 Å². The monoisotopic (exact) mass is 708 g/mol. The summed E-state index contributed by atoms with van der Waals surface area (Å²) in [6.45, 7) is 5.51. The number of methoxy groups -OCH3 is 1. The standard InChI is InChI=1S/C26H28FN5O3.C12H17N5/c1-35-23-7-3-2-6-19(23)21-14-20(25(27)26-22(21)13-18(16-33)30-26)17-5-4-10-31(15-17)24(34)8-11-32(29)12-9-28;1-15-3-5-17(6-4-15)11-8-16(2)12-10(11)7-13-9-14-12/h2-3,5-7,9,12-14,16,30H,4,8,10-11,15,28-29H2,1H3;7-9H,3-6H2,1-2H3/b12-9-;. The Morgan fingerprint density at radius 1 is 1.08 bits per heavy atom. The maximum absolute atomic E-state index is 15.8. The van der Waals surface area contributed by atoms with E-state index in [9.17, 15) is 9.59 Å². The Morgan fingerprint density at radius 3 is 2.62 bits per heavy atom. The van der Waals surface area contributed by atoms with Gasteiger partial charge in [-0.1, -0.05) is 24.3 Å². The van der Waals surface area contributed by atoms with E-state index in [2.05, 4.69) is 42.6 Å². The summed E-state index contributed by atoms with van der Waals surface area (Å²) in [4.78, 5) is 42.1. The molecule has 1 amide bonds. The van der Waals surface area contributed by atoms with Gasteiger partial charge in [0.2, 0.25) is 5.91 Å². The van der Waals surface area contributed by atoms with Gasteiger partial charge in [0.25, 0.3) is 0 Å². The van der Waals surface area contributed by atoms with Gasteiger partial charge in [0, 0.05) is 101 Å². The number of aromatic amines is 1. The molecule has 2 aromatic carbocycles. The second-order valence-electron chi connectivity index (χ2n) is 13.0. The van der Waals surface area contributed by atoms with E-state index in [1.54, 1.807) is 30.5 Å². The number of aromatic nitrogens is 4. The van der Waals surface area contributed by atoms with Crippen molar-refractivity contribution in [3.8, 4) is 16.9 Å². The largest absolute Gasteiger partial charge is 0.496 e. The topological polar surface area (TPSA) is 155 Å². The average molecular weight is 709 g/mol. The zero-order valence-corrected chi connectivity index (χ0v) is 29.8. The Labute approximate surface area is 301 Å². The summed E-state index contributed by atoms with van der Waals surface area (Å²) < 4.78 is 23.4. The van der Waals surface area contributed by atoms with Crippen LogP contribution in [0.1, 0.15) is 28.9 Å². The van der Waals surface area contributed by atoms with Crippen LogP contribution in [0.5, 0.6) is 5.75 Å². The first-order valence-corrected chi connectivity index (χ1v) is 17.2. The molecule has 2 aliphatic heterocycles. The third-order valence-corrected chi connectivity index (χ3v) is 9.57. The molecule has 0 saturated carbocycles. The molecule has 5 N–H and O–H groups in total. The molecular weight excluding hydrogens is 663 g/mol. The number of fused-ring (bicyclic) bond motifs is 2. The number of rotatable bonds is 9. The maximum atomic E-state index is 15.8. The first-order chi connectivity index (χ1) is 25.2. The molecule has 2 aliphatic rings. The Kier molecular flexibility index (Phi) is 11.2. The first-order valence-electron chi connectivity index (χ1n) is 17.2. The van der Waals surface area contributed by atoms with E-state index in [1.165, 1.54) is 23.1 Å². The van der Waals surface area contributed by atoms with Crippen LogP contribution in [0.25, 0.3) is 38.6 Å². The van der Waals surface area contributed by atoms with Crippen molar-refractivity contribution in [3.63, 3.8) is 0 Å². The molecule has 0 bridgehead atoms. The molecule has 0 atom stereocenters. The Hall–Kier alpha value is -5.73. The van der Waals surface area contributed by atoms with Crippen LogP contribution < -0.4 is 21.2 Å². The van der Waals surface area contributed by atoms with E-state index in [4.69, 9.17) is 16.3 Å². The van der Waals surface area contributed by atoms with Crippen LogP contribution in [0.15, 0.2) is 73.6 Å². The normalized spacial score (nSPS) is 15.1. The van der Waals surface area contributed by atoms with Gasteiger partial charge in [-0.15, -0.1) is 0 Å². The van der Waals surface area contributed by atoms with Gasteiger partial charge in [0.1, 0.15) is 17.7 Å². The number of aldehydes is 1. The third-order valence-electron chi connectivity index (χ3n) is 9.57. The quantitative estimate of drug-likeness (QED) is 0.116. The Bertz CT molecular complexity index is 2110. The average Bonchev–Trinajstić information content (AvgIpc) is 3.77. The first kappa shape index (κ1) is 36.1. The lowest BCUT2D eigenvalue weighted by molar-refractivity contribution is -0.130. The lowest BCUT2D eigenvalue weighted by Gasteiger charge is -2.33. The van der Waals surface area contributed by atoms with Crippen molar-refractivity contribution in [3.05, 3.63) is 90.7 Å². The van der Waals surface area contributed by atoms with Crippen molar-refractivity contribution in [1.82, 2.24) is 34.3 Å². The van der Waals surface area contributed by atoms with E-state index in [0.29, 0.717) is 48.1 Å². The minimum atomic E-state index is -0.464. The molecule has 52 heavy (non-hydrogen) atoms. The third kappa shape index (κ3) is 7.62. The fourth-order valence-electron chi connectivity index (χ4n) is 6.79. The van der Waals surface area contributed by atoms with Crippen LogP contribution in [0, 0.1) is 5.82 Å². The van der Waals surface area contributed by atoms with Crippen molar-refractivity contribution in [1.29, 1.82) is 0 Å². The molecule has 0 radical (unpaired) electrons. The summed E-state index contributed by atoms with van der Waals surface area (Å²) in [5.41, 5.74) is 10.7. The summed E-state index contributed by atoms with van der Waals surface area (Å²) in [6.07, 6.45) is 11.9. The highest BCUT2D eigenvalue weighted by molar-refractivity contribution is 6.02. The number of nitrogens with one attached hydrogen (secondary N) is 1. The molecule has 3 aromatic heterocycles. The van der Waals surface area contributed by atoms with Crippen molar-refractivity contribution >= 4 is 45.4 Å². The van der Waals surface area contributed by atoms with E-state index in [0.717, 1.165) is 48.3 Å². The van der Waals surface area contributed by atoms with Crippen molar-refractivity contribution in [2.24, 2.45) is 18.6 Å². The lowest BCUT2D eigenvalue weighted by Crippen LogP contribution is -2.44. The highest BCUT2D eigenvalue weighted by atomic mass is 19.1. The van der Waals surface area contributed by atoms with Gasteiger partial charge >= 0.3 is 0 Å². The minimum absolute atomic E-state index is 0.0778. The fraction of sp³-hybridized carbons (Fsp3) is 0.316. The molecule has 5 heterocycles. The van der Waals surface area contributed by atoms with Crippen LogP contribution >= 0.6 is 0 Å². The van der Waals surface area contributed by atoms with Gasteiger partial charge in [-0.3, -0.25) is 9.59 Å². The number of H-pyrrole nitrogens is 1. The summed E-state index contributed by atoms with van der Waals surface area (Å²) in [5.74, 6) is 5.85. The van der Waals surface area contributed by atoms with Crippen LogP contribution in [0.4, 0.5) is 10.1 Å². The molecule has 13 nitrogen and oxygen atoms in total. The molecule has 0 spiro atoms. The summed E-state index contributed by atoms with van der Waals surface area (Å²) in [6, 6.07) is 10.9. The predicted molar refractivity (Wildman–Crippen MR) is 202 cm³/mol. The van der Waals surface area contributed by atoms with Gasteiger partial charge in [0.05, 0.1) is 29.4 Å². The van der Waals surface area contributed by atoms with Gasteiger partial charge in [0.15, 0.2) is 12.1 Å². The zero-order valence-electron chi connectivity index (χ0n) is 29.8. The second-order valence-corrected chi connectivity index (χ2v) is 13.0. The van der Waals surface area contributed by atoms with E-state index >= 15 is 4.39 Å². The number of aryl methyl sites for hydroxylation is 1. The van der Waals surface area contributed by atoms with Gasteiger partial charge in [-0.05, 0) is 42.8 Å². The second kappa shape index (κ2) is 16.1. The Morgan fingerprint density at radius 2 is 1.87 bits per heavy atom. The fourth-order valence-corrected chi connectivity index (χ4v) is 6.79. The number of halogens is 1. The summed E-state index contributed by atoms with van der Waals surface area (Å²) >= 11 is 0. The molecule has 0 unspecified atom stereocenters. The van der Waals surface area contributed by atoms with Gasteiger partial charge < -0.3 is 39.7 Å². The number of para-hydroxylation sites is 1. The number of piperazine rings is 1. The molecule has 1 saturated heterocycles. The molecular formula is C38H45FN10O3. The predicted octanol–water partition coefficient (Wildman–Crippen LogP) is 4.13. The Balaban J connectivity index is 0.000000226. The molecule has 1 fully saturated rings. The highest BCUT2D eigenvalue weighted by Gasteiger charge is 2.25. The minimum Gasteiger partial charge on any atom is -0.496 e. The number of hydrogen-bond donors (Lipinski definition) is 3. The zero-order chi connectivity index (χ0) is 36.8. The number of likely N-dealkylation sites (N-methyl/N-ethyl adjacent to an activating group) is 1. The summed E-state index contributed by atoms with van der Waals surface area (Å²) in [5, 5.41) is 3.08. The van der Waals surface area contributed by atoms with E-state index in [-0.39, 0.29) is 30.1 Å². The smallest absolute Gasteiger partial charge is 0.224 e. The number of carbonyl (C=O) groups excluding carboxylic acids is 2. The molecule has 272 valence electrons. The number of hydrogen-bond acceptors (Lipinski definition) is 10. The number of carbonyl (C=O) groups is 2. The van der Waals surface area contributed by atoms with Crippen molar-refractivity contribution < 1.29 is 18.7 Å². The summed E-state index contributed by atoms with van der Waals surface area (Å²) in [7, 11) is 5.78. The van der Waals surface area contributed by atoms with Gasteiger partial charge in [-0.25, -0.2) is 20.2 Å². The number of ether oxygens (including phenoxy) is 1. The SMILES string of the molecule is CN1CCN(c2cn(C)c3ncncc23)CC1.COc1ccccc1-c1cc(C2=CCCN(C(=O)CCN(N)/C=C\N)C2)c(F)c2[nH]c(C=O)cc12. The highest BCUT2D eigenvalue weighted by Crippen LogP contribution is 2.40. The number of anilines is 1. The van der Waals surface area contributed by atoms with Crippen LogP contribution in [0.3, 0.4) is 0 Å². The van der Waals surface area contributed by atoms with Crippen LogP contribution in [-0.4, -0.2) is 106 Å². The number of hydrazine groups is 1. The molecule has 0 aliphatic carbocycles. The number of nitrogens with zero attached hydrogens (tertiary/aromatic N) is 7. The lowest BCUT2D eigenvalue weighted by atomic mass is 9.93. The molecule has 14 heteroatoms. The van der Waals surface area contributed by atoms with Crippen LogP contribution in [-0.2, 0) is 11.8 Å². The number of benzene rings is 2. The van der Waals surface area contributed by atoms with E-state index in [1.807, 2.05) is 43.6 Å². The van der Waals surface area contributed by atoms with Gasteiger partial charge in [-0.2, -0.15) is 0 Å². The van der Waals surface area contributed by atoms with Crippen molar-refractivity contribution in [2.75, 3.05) is 64.9 Å².